The molecule has 1 saturated carbocycles. The molecule has 3 aliphatic rings. The van der Waals surface area contributed by atoms with Gasteiger partial charge in [0.2, 0.25) is 0 Å². The van der Waals surface area contributed by atoms with Crippen LogP contribution in [-0.4, -0.2) is 35.2 Å². The van der Waals surface area contributed by atoms with Crippen LogP contribution in [0.3, 0.4) is 0 Å². The fraction of sp³-hybridized carbons (Fsp3) is 0.391. The number of esters is 1. The van der Waals surface area contributed by atoms with E-state index in [1.54, 1.807) is 0 Å². The Morgan fingerprint density at radius 3 is 2.07 bits per heavy atom. The predicted octanol–water partition coefficient (Wildman–Crippen LogP) is 4.26. The molecule has 6 heteroatoms. The van der Waals surface area contributed by atoms with Crippen LogP contribution in [-0.2, 0) is 27.5 Å². The molecule has 0 N–H and O–H groups in total. The Hall–Kier alpha value is -2.89. The summed E-state index contributed by atoms with van der Waals surface area (Å²) < 4.78 is 25.5. The molecule has 1 amide bonds. The van der Waals surface area contributed by atoms with Gasteiger partial charge in [-0.25, -0.2) is 14.0 Å². The number of carbonyl (C=O) groups is 2. The lowest BCUT2D eigenvalue weighted by Gasteiger charge is -2.50. The first-order valence-electron chi connectivity index (χ1n) is 9.97. The fourth-order valence-corrected chi connectivity index (χ4v) is 4.32. The number of benzene rings is 2. The van der Waals surface area contributed by atoms with Crippen LogP contribution in [0.4, 0.5) is 9.18 Å². The number of nitrogens with zero attached hydrogens (tertiary/aromatic N) is 1. The van der Waals surface area contributed by atoms with Crippen LogP contribution in [0.5, 0.6) is 0 Å². The van der Waals surface area contributed by atoms with E-state index in [4.69, 9.17) is 9.47 Å². The van der Waals surface area contributed by atoms with Gasteiger partial charge in [-0.2, -0.15) is 0 Å². The normalized spacial score (nSPS) is 25.5. The van der Waals surface area contributed by atoms with Crippen molar-refractivity contribution >= 4 is 12.1 Å². The molecular formula is C23H24FNO4. The van der Waals surface area contributed by atoms with E-state index in [2.05, 4.69) is 0 Å². The number of rotatable bonds is 5. The third-order valence-electron chi connectivity index (χ3n) is 5.78. The lowest BCUT2D eigenvalue weighted by Crippen LogP contribution is -2.64. The summed E-state index contributed by atoms with van der Waals surface area (Å²) in [4.78, 5) is 27.1. The molecular weight excluding hydrogens is 373 g/mol. The Kier molecular flexibility index (Phi) is 5.79. The zero-order valence-electron chi connectivity index (χ0n) is 16.1. The lowest BCUT2D eigenvalue weighted by molar-refractivity contribution is -0.163. The number of fused-ring (bicyclic) bond motifs is 3. The van der Waals surface area contributed by atoms with Gasteiger partial charge in [0.15, 0.2) is 0 Å². The monoisotopic (exact) mass is 397 g/mol. The van der Waals surface area contributed by atoms with Crippen molar-refractivity contribution in [3.8, 4) is 0 Å². The first kappa shape index (κ1) is 19.4. The van der Waals surface area contributed by atoms with Crippen molar-refractivity contribution in [2.75, 3.05) is 0 Å². The zero-order chi connectivity index (χ0) is 20.2. The molecule has 1 unspecified atom stereocenters. The van der Waals surface area contributed by atoms with E-state index in [1.165, 1.54) is 4.90 Å². The van der Waals surface area contributed by atoms with Crippen LogP contribution >= 0.6 is 0 Å². The maximum atomic E-state index is 14.6. The molecule has 2 aromatic rings. The molecule has 29 heavy (non-hydrogen) atoms. The second-order valence-corrected chi connectivity index (χ2v) is 7.63. The van der Waals surface area contributed by atoms with Crippen molar-refractivity contribution in [3.63, 3.8) is 0 Å². The largest absolute Gasteiger partial charge is 0.459 e. The lowest BCUT2D eigenvalue weighted by atomic mass is 9.73. The highest BCUT2D eigenvalue weighted by Gasteiger charge is 2.53. The van der Waals surface area contributed by atoms with E-state index in [9.17, 15) is 14.0 Å². The molecule has 2 aliphatic heterocycles. The molecule has 2 aromatic carbocycles. The van der Waals surface area contributed by atoms with Gasteiger partial charge in [-0.1, -0.05) is 60.7 Å². The highest BCUT2D eigenvalue weighted by molar-refractivity contribution is 5.83. The van der Waals surface area contributed by atoms with Gasteiger partial charge in [-0.3, -0.25) is 4.90 Å². The molecule has 2 bridgehead atoms. The Morgan fingerprint density at radius 1 is 0.897 bits per heavy atom. The van der Waals surface area contributed by atoms with E-state index in [-0.39, 0.29) is 25.7 Å². The molecule has 0 radical (unpaired) electrons. The number of alkyl halides is 1. The molecule has 152 valence electrons. The average molecular weight is 397 g/mol. The quantitative estimate of drug-likeness (QED) is 0.708. The number of ether oxygens (including phenoxy) is 2. The van der Waals surface area contributed by atoms with Gasteiger partial charge in [0.25, 0.3) is 0 Å². The number of hydrogen-bond donors (Lipinski definition) is 0. The van der Waals surface area contributed by atoms with Crippen molar-refractivity contribution in [1.82, 2.24) is 4.90 Å². The summed E-state index contributed by atoms with van der Waals surface area (Å²) in [5.41, 5.74) is 1.70. The average Bonchev–Trinajstić information content (AvgIpc) is 2.77. The third-order valence-corrected chi connectivity index (χ3v) is 5.78. The Bertz CT molecular complexity index is 844. The van der Waals surface area contributed by atoms with Crippen LogP contribution in [0.25, 0.3) is 0 Å². The summed E-state index contributed by atoms with van der Waals surface area (Å²) in [6.45, 7) is 0.204. The highest BCUT2D eigenvalue weighted by Crippen LogP contribution is 2.42. The molecule has 5 rings (SSSR count). The van der Waals surface area contributed by atoms with Gasteiger partial charge in [-0.15, -0.1) is 0 Å². The van der Waals surface area contributed by atoms with Crippen LogP contribution in [0, 0.1) is 5.92 Å². The SMILES string of the molecule is O=C(OCc1ccccc1)[C@@H]1[C@@H]2CC[C@H](CC2F)N1C(=O)OCc1ccccc1. The van der Waals surface area contributed by atoms with E-state index >= 15 is 0 Å². The smallest absolute Gasteiger partial charge is 0.411 e. The fourth-order valence-electron chi connectivity index (χ4n) is 4.32. The van der Waals surface area contributed by atoms with Crippen LogP contribution in [0.2, 0.25) is 0 Å². The minimum absolute atomic E-state index is 0.0947. The van der Waals surface area contributed by atoms with Crippen LogP contribution in [0.1, 0.15) is 30.4 Å². The Morgan fingerprint density at radius 2 is 1.48 bits per heavy atom. The van der Waals surface area contributed by atoms with Crippen LogP contribution in [0.15, 0.2) is 60.7 Å². The minimum atomic E-state index is -1.11. The molecule has 4 atom stereocenters. The molecule has 0 aromatic heterocycles. The van der Waals surface area contributed by atoms with Gasteiger partial charge < -0.3 is 9.47 Å². The van der Waals surface area contributed by atoms with E-state index in [0.717, 1.165) is 11.1 Å². The van der Waals surface area contributed by atoms with Crippen LogP contribution < -0.4 is 0 Å². The summed E-state index contributed by atoms with van der Waals surface area (Å²) >= 11 is 0. The molecule has 3 fully saturated rings. The first-order chi connectivity index (χ1) is 14.1. The van der Waals surface area contributed by atoms with Crippen molar-refractivity contribution in [2.24, 2.45) is 5.92 Å². The topological polar surface area (TPSA) is 55.8 Å². The van der Waals surface area contributed by atoms with Gasteiger partial charge in [0.1, 0.15) is 25.4 Å². The van der Waals surface area contributed by atoms with Crippen molar-refractivity contribution in [2.45, 2.75) is 50.7 Å². The summed E-state index contributed by atoms with van der Waals surface area (Å²) in [6.07, 6.45) is -0.209. The second kappa shape index (κ2) is 8.64. The maximum Gasteiger partial charge on any atom is 0.411 e. The van der Waals surface area contributed by atoms with Crippen molar-refractivity contribution in [3.05, 3.63) is 71.8 Å². The molecule has 5 nitrogen and oxygen atoms in total. The van der Waals surface area contributed by atoms with E-state index < -0.39 is 30.2 Å². The van der Waals surface area contributed by atoms with Crippen molar-refractivity contribution < 1.29 is 23.5 Å². The van der Waals surface area contributed by atoms with Gasteiger partial charge in [0.05, 0.1) is 0 Å². The standard InChI is InChI=1S/C23H24FNO4/c24-20-13-18-11-12-19(20)21(22(26)28-14-16-7-3-1-4-8-16)25(18)23(27)29-15-17-9-5-2-6-10-17/h1-10,18-21H,11-15H2/t18-,19-,20?,21+/m1/s1. The molecule has 1 aliphatic carbocycles. The summed E-state index contributed by atoms with van der Waals surface area (Å²) in [6, 6.07) is 17.3. The third kappa shape index (κ3) is 4.26. The summed E-state index contributed by atoms with van der Waals surface area (Å²) in [7, 11) is 0. The predicted molar refractivity (Wildman–Crippen MR) is 105 cm³/mol. The van der Waals surface area contributed by atoms with Gasteiger partial charge >= 0.3 is 12.1 Å². The maximum absolute atomic E-state index is 14.6. The van der Waals surface area contributed by atoms with Gasteiger partial charge in [0, 0.05) is 12.0 Å². The molecule has 2 saturated heterocycles. The number of carbonyl (C=O) groups excluding carboxylic acids is 2. The number of piperidine rings is 2. The van der Waals surface area contributed by atoms with Gasteiger partial charge in [-0.05, 0) is 30.4 Å². The Labute approximate surface area is 169 Å². The Balaban J connectivity index is 1.46. The van der Waals surface area contributed by atoms with Crippen molar-refractivity contribution in [1.29, 1.82) is 0 Å². The molecule has 0 spiro atoms. The summed E-state index contributed by atoms with van der Waals surface area (Å²) in [5.74, 6) is -1.12. The second-order valence-electron chi connectivity index (χ2n) is 7.63. The number of amides is 1. The van der Waals surface area contributed by atoms with E-state index in [1.807, 2.05) is 60.7 Å². The number of halogens is 1. The van der Waals surface area contributed by atoms with E-state index in [0.29, 0.717) is 12.8 Å². The molecule has 2 heterocycles. The summed E-state index contributed by atoms with van der Waals surface area (Å²) in [5, 5.41) is 0. The number of hydrogen-bond acceptors (Lipinski definition) is 4. The first-order valence-corrected chi connectivity index (χ1v) is 9.97. The highest BCUT2D eigenvalue weighted by atomic mass is 19.1. The minimum Gasteiger partial charge on any atom is -0.459 e. The zero-order valence-corrected chi connectivity index (χ0v) is 16.1.